The van der Waals surface area contributed by atoms with Crippen LogP contribution in [0.4, 0.5) is 5.69 Å². The van der Waals surface area contributed by atoms with Crippen LogP contribution in [0.15, 0.2) is 76.7 Å². The van der Waals surface area contributed by atoms with E-state index in [9.17, 15) is 4.79 Å². The summed E-state index contributed by atoms with van der Waals surface area (Å²) in [6.45, 7) is 5.48. The molecule has 4 nitrogen and oxygen atoms in total. The van der Waals surface area contributed by atoms with Crippen LogP contribution in [0.5, 0.6) is 0 Å². The Bertz CT molecular complexity index is 888. The number of hydrogen-bond donors (Lipinski definition) is 1. The standard InChI is InChI=1S/C20H18N2O2S/c1-3-13-25-17-12-8-7-11-16(17)21-20(23)18-14(2)24-22-19(18)15-9-5-4-6-10-15/h3-12H,1,13H2,2H3,(H,21,23). The van der Waals surface area contributed by atoms with E-state index in [-0.39, 0.29) is 5.91 Å². The van der Waals surface area contributed by atoms with E-state index in [4.69, 9.17) is 4.52 Å². The number of carbonyl (C=O) groups excluding carboxylic acids is 1. The van der Waals surface area contributed by atoms with E-state index in [2.05, 4.69) is 17.1 Å². The van der Waals surface area contributed by atoms with Crippen LogP contribution >= 0.6 is 11.8 Å². The summed E-state index contributed by atoms with van der Waals surface area (Å²) in [5, 5.41) is 7.05. The highest BCUT2D eigenvalue weighted by Crippen LogP contribution is 2.30. The van der Waals surface area contributed by atoms with Crippen LogP contribution in [0.25, 0.3) is 11.3 Å². The number of para-hydroxylation sites is 1. The zero-order valence-electron chi connectivity index (χ0n) is 13.9. The summed E-state index contributed by atoms with van der Waals surface area (Å²) in [5.74, 6) is 1.03. The SMILES string of the molecule is C=CCSc1ccccc1NC(=O)c1c(-c2ccccc2)noc1C. The van der Waals surface area contributed by atoms with Crippen molar-refractivity contribution in [2.24, 2.45) is 0 Å². The second kappa shape index (κ2) is 7.85. The Morgan fingerprint density at radius 1 is 1.20 bits per heavy atom. The van der Waals surface area contributed by atoms with Gasteiger partial charge in [0.05, 0.1) is 5.69 Å². The molecule has 0 fully saturated rings. The van der Waals surface area contributed by atoms with E-state index in [1.54, 1.807) is 18.7 Å². The molecule has 0 aliphatic rings. The molecule has 25 heavy (non-hydrogen) atoms. The van der Waals surface area contributed by atoms with Crippen LogP contribution in [0, 0.1) is 6.92 Å². The van der Waals surface area contributed by atoms with Gasteiger partial charge in [-0.1, -0.05) is 53.7 Å². The smallest absolute Gasteiger partial charge is 0.261 e. The monoisotopic (exact) mass is 350 g/mol. The number of hydrogen-bond acceptors (Lipinski definition) is 4. The summed E-state index contributed by atoms with van der Waals surface area (Å²) in [6, 6.07) is 17.2. The lowest BCUT2D eigenvalue weighted by Crippen LogP contribution is -2.14. The molecule has 0 aliphatic heterocycles. The minimum atomic E-state index is -0.232. The topological polar surface area (TPSA) is 55.1 Å². The third kappa shape index (κ3) is 3.83. The van der Waals surface area contributed by atoms with Gasteiger partial charge in [0.2, 0.25) is 0 Å². The molecule has 1 aromatic heterocycles. The number of nitrogens with one attached hydrogen (secondary N) is 1. The van der Waals surface area contributed by atoms with Crippen LogP contribution in [0.3, 0.4) is 0 Å². The summed E-state index contributed by atoms with van der Waals surface area (Å²) < 4.78 is 5.27. The van der Waals surface area contributed by atoms with Gasteiger partial charge in [-0.15, -0.1) is 18.3 Å². The average molecular weight is 350 g/mol. The van der Waals surface area contributed by atoms with Gasteiger partial charge in [-0.05, 0) is 19.1 Å². The zero-order chi connectivity index (χ0) is 17.6. The molecule has 0 saturated carbocycles. The fourth-order valence-corrected chi connectivity index (χ4v) is 3.21. The lowest BCUT2D eigenvalue weighted by atomic mass is 10.1. The molecule has 0 aliphatic carbocycles. The maximum absolute atomic E-state index is 12.9. The molecule has 0 radical (unpaired) electrons. The first kappa shape index (κ1) is 17.0. The van der Waals surface area contributed by atoms with Gasteiger partial charge in [0.25, 0.3) is 5.91 Å². The molecule has 0 saturated heterocycles. The van der Waals surface area contributed by atoms with Crippen molar-refractivity contribution in [3.05, 3.63) is 78.6 Å². The molecule has 0 bridgehead atoms. The van der Waals surface area contributed by atoms with Gasteiger partial charge in [0, 0.05) is 16.2 Å². The van der Waals surface area contributed by atoms with Gasteiger partial charge < -0.3 is 9.84 Å². The second-order valence-electron chi connectivity index (χ2n) is 5.38. The highest BCUT2D eigenvalue weighted by molar-refractivity contribution is 7.99. The predicted octanol–water partition coefficient (Wildman–Crippen LogP) is 5.18. The van der Waals surface area contributed by atoms with Crippen LogP contribution in [0.2, 0.25) is 0 Å². The number of nitrogens with zero attached hydrogens (tertiary/aromatic N) is 1. The minimum absolute atomic E-state index is 0.232. The Hall–Kier alpha value is -2.79. The number of rotatable bonds is 6. The second-order valence-corrected chi connectivity index (χ2v) is 6.44. The summed E-state index contributed by atoms with van der Waals surface area (Å²) >= 11 is 1.62. The van der Waals surface area contributed by atoms with E-state index in [0.29, 0.717) is 17.0 Å². The number of aryl methyl sites for hydroxylation is 1. The lowest BCUT2D eigenvalue weighted by molar-refractivity contribution is 0.102. The molecule has 3 aromatic rings. The van der Waals surface area contributed by atoms with Crippen LogP contribution in [-0.4, -0.2) is 16.8 Å². The molecule has 0 unspecified atom stereocenters. The van der Waals surface area contributed by atoms with Crippen LogP contribution < -0.4 is 5.32 Å². The van der Waals surface area contributed by atoms with Crippen LogP contribution in [0.1, 0.15) is 16.1 Å². The molecule has 5 heteroatoms. The fourth-order valence-electron chi connectivity index (χ4n) is 2.46. The largest absolute Gasteiger partial charge is 0.360 e. The lowest BCUT2D eigenvalue weighted by Gasteiger charge is -2.10. The molecule has 1 heterocycles. The molecule has 2 aromatic carbocycles. The third-order valence-electron chi connectivity index (χ3n) is 3.63. The molecular formula is C20H18N2O2S. The van der Waals surface area contributed by atoms with Crippen molar-refractivity contribution < 1.29 is 9.32 Å². The zero-order valence-corrected chi connectivity index (χ0v) is 14.7. The summed E-state index contributed by atoms with van der Waals surface area (Å²) in [4.78, 5) is 13.9. The number of aromatic nitrogens is 1. The van der Waals surface area contributed by atoms with E-state index in [0.717, 1.165) is 21.9 Å². The quantitative estimate of drug-likeness (QED) is 0.491. The van der Waals surface area contributed by atoms with Gasteiger partial charge in [-0.3, -0.25) is 4.79 Å². The summed E-state index contributed by atoms with van der Waals surface area (Å²) in [5.41, 5.74) is 2.61. The van der Waals surface area contributed by atoms with E-state index in [1.165, 1.54) is 0 Å². The van der Waals surface area contributed by atoms with E-state index >= 15 is 0 Å². The fraction of sp³-hybridized carbons (Fsp3) is 0.100. The van der Waals surface area contributed by atoms with Crippen molar-refractivity contribution in [3.63, 3.8) is 0 Å². The predicted molar refractivity (Wildman–Crippen MR) is 102 cm³/mol. The first-order valence-corrected chi connectivity index (χ1v) is 8.85. The average Bonchev–Trinajstić information content (AvgIpc) is 3.03. The van der Waals surface area contributed by atoms with Crippen molar-refractivity contribution in [1.82, 2.24) is 5.16 Å². The first-order chi connectivity index (χ1) is 12.2. The number of thioether (sulfide) groups is 1. The Morgan fingerprint density at radius 3 is 2.68 bits per heavy atom. The third-order valence-corrected chi connectivity index (χ3v) is 4.70. The van der Waals surface area contributed by atoms with Crippen molar-refractivity contribution >= 4 is 23.4 Å². The molecule has 3 rings (SSSR count). The van der Waals surface area contributed by atoms with Gasteiger partial charge in [-0.25, -0.2) is 0 Å². The van der Waals surface area contributed by atoms with Gasteiger partial charge in [-0.2, -0.15) is 0 Å². The minimum Gasteiger partial charge on any atom is -0.360 e. The molecule has 0 spiro atoms. The Kier molecular flexibility index (Phi) is 5.36. The molecular weight excluding hydrogens is 332 g/mol. The van der Waals surface area contributed by atoms with Gasteiger partial charge >= 0.3 is 0 Å². The van der Waals surface area contributed by atoms with Crippen molar-refractivity contribution in [2.75, 3.05) is 11.1 Å². The van der Waals surface area contributed by atoms with E-state index in [1.807, 2.05) is 60.7 Å². The Labute approximate surface area is 150 Å². The number of carbonyl (C=O) groups is 1. The van der Waals surface area contributed by atoms with Crippen molar-refractivity contribution in [3.8, 4) is 11.3 Å². The Balaban J connectivity index is 1.91. The molecule has 0 atom stereocenters. The Morgan fingerprint density at radius 2 is 1.92 bits per heavy atom. The van der Waals surface area contributed by atoms with Gasteiger partial charge in [0.1, 0.15) is 17.0 Å². The number of amides is 1. The number of benzene rings is 2. The molecule has 1 N–H and O–H groups in total. The van der Waals surface area contributed by atoms with Crippen LogP contribution in [-0.2, 0) is 0 Å². The van der Waals surface area contributed by atoms with E-state index < -0.39 is 0 Å². The summed E-state index contributed by atoms with van der Waals surface area (Å²) in [6.07, 6.45) is 1.83. The maximum atomic E-state index is 12.9. The van der Waals surface area contributed by atoms with Crippen molar-refractivity contribution in [2.45, 2.75) is 11.8 Å². The highest BCUT2D eigenvalue weighted by Gasteiger charge is 2.22. The maximum Gasteiger partial charge on any atom is 0.261 e. The highest BCUT2D eigenvalue weighted by atomic mass is 32.2. The summed E-state index contributed by atoms with van der Waals surface area (Å²) in [7, 11) is 0. The number of anilines is 1. The normalized spacial score (nSPS) is 10.4. The molecule has 1 amide bonds. The molecule has 126 valence electrons. The van der Waals surface area contributed by atoms with Gasteiger partial charge in [0.15, 0.2) is 0 Å². The van der Waals surface area contributed by atoms with Crippen molar-refractivity contribution in [1.29, 1.82) is 0 Å². The first-order valence-electron chi connectivity index (χ1n) is 7.86.